The molecule has 4 aliphatic rings. The largest absolute Gasteiger partial charge is 0.387 e. The van der Waals surface area contributed by atoms with E-state index in [0.29, 0.717) is 12.0 Å². The van der Waals surface area contributed by atoms with Crippen LogP contribution >= 0.6 is 0 Å². The van der Waals surface area contributed by atoms with E-state index in [0.717, 1.165) is 55.0 Å². The molecule has 2 heteroatoms. The Balaban J connectivity index is 1.46. The second-order valence-electron chi connectivity index (χ2n) is 10.3. The van der Waals surface area contributed by atoms with Gasteiger partial charge in [0.05, 0.1) is 12.2 Å². The van der Waals surface area contributed by atoms with E-state index in [4.69, 9.17) is 4.74 Å². The van der Waals surface area contributed by atoms with Crippen molar-refractivity contribution in [3.05, 3.63) is 0 Å². The smallest absolute Gasteiger partial charge is 0.0883 e. The first-order valence-electron chi connectivity index (χ1n) is 11.3. The Morgan fingerprint density at radius 2 is 1.72 bits per heavy atom. The van der Waals surface area contributed by atoms with Gasteiger partial charge >= 0.3 is 0 Å². The third kappa shape index (κ3) is 3.00. The maximum absolute atomic E-state index is 11.0. The fourth-order valence-electron chi connectivity index (χ4n) is 8.17. The van der Waals surface area contributed by atoms with Crippen LogP contribution < -0.4 is 0 Å². The molecule has 0 aromatic carbocycles. The summed E-state index contributed by atoms with van der Waals surface area (Å²) < 4.78 is 5.61. The van der Waals surface area contributed by atoms with Crippen molar-refractivity contribution in [1.82, 2.24) is 0 Å². The molecule has 0 radical (unpaired) electrons. The highest BCUT2D eigenvalue weighted by Crippen LogP contribution is 2.65. The molecule has 1 N–H and O–H groups in total. The van der Waals surface area contributed by atoms with Gasteiger partial charge in [0.1, 0.15) is 0 Å². The predicted molar refractivity (Wildman–Crippen MR) is 102 cm³/mol. The lowest BCUT2D eigenvalue weighted by molar-refractivity contribution is -0.128. The molecule has 0 heterocycles. The van der Waals surface area contributed by atoms with Crippen LogP contribution in [0.25, 0.3) is 0 Å². The molecule has 144 valence electrons. The van der Waals surface area contributed by atoms with E-state index in [1.54, 1.807) is 0 Å². The summed E-state index contributed by atoms with van der Waals surface area (Å²) in [4.78, 5) is 0. The van der Waals surface area contributed by atoms with Gasteiger partial charge in [0, 0.05) is 6.61 Å². The number of hydrogen-bond acceptors (Lipinski definition) is 2. The standard InChI is InChI=1S/C23H40O2/c1-4-17-7-9-21-20-8-6-16-14-23(24,15-25-5-2)13-11-18(16)19(20)10-12-22(17,21)3/h16-21,24H,4-15H2,1-3H3/t16-,17?,18-,19+,20+,21-,22+,23+/m0/s1. The number of fused-ring (bicyclic) bond motifs is 5. The first-order chi connectivity index (χ1) is 12.0. The molecule has 8 atom stereocenters. The third-order valence-electron chi connectivity index (χ3n) is 9.37. The zero-order chi connectivity index (χ0) is 17.7. The van der Waals surface area contributed by atoms with Gasteiger partial charge in [-0.15, -0.1) is 0 Å². The molecule has 0 amide bonds. The van der Waals surface area contributed by atoms with Crippen molar-refractivity contribution in [3.63, 3.8) is 0 Å². The van der Waals surface area contributed by atoms with Crippen LogP contribution in [0.4, 0.5) is 0 Å². The molecular weight excluding hydrogens is 308 g/mol. The summed E-state index contributed by atoms with van der Waals surface area (Å²) in [6, 6.07) is 0. The fraction of sp³-hybridized carbons (Fsp3) is 1.00. The Bertz CT molecular complexity index is 477. The van der Waals surface area contributed by atoms with Gasteiger partial charge in [-0.05, 0) is 106 Å². The van der Waals surface area contributed by atoms with Gasteiger partial charge in [-0.3, -0.25) is 0 Å². The highest BCUT2D eigenvalue weighted by atomic mass is 16.5. The molecule has 25 heavy (non-hydrogen) atoms. The second-order valence-corrected chi connectivity index (χ2v) is 10.3. The molecule has 0 saturated heterocycles. The lowest BCUT2D eigenvalue weighted by Crippen LogP contribution is -2.51. The number of rotatable bonds is 4. The SMILES string of the molecule is CCOC[C@@]1(O)CC[C@H]2[C@@H](CC[C@@H]3[C@@H]2CC[C@]2(C)C(CC)CC[C@@H]32)C1. The molecule has 4 fully saturated rings. The van der Waals surface area contributed by atoms with Crippen molar-refractivity contribution in [3.8, 4) is 0 Å². The highest BCUT2D eigenvalue weighted by molar-refractivity contribution is 5.06. The van der Waals surface area contributed by atoms with Crippen molar-refractivity contribution in [2.45, 2.75) is 90.6 Å². The molecule has 0 aliphatic heterocycles. The van der Waals surface area contributed by atoms with Crippen molar-refractivity contribution < 1.29 is 9.84 Å². The van der Waals surface area contributed by atoms with Gasteiger partial charge < -0.3 is 9.84 Å². The number of hydrogen-bond donors (Lipinski definition) is 1. The van der Waals surface area contributed by atoms with Crippen LogP contribution in [0.2, 0.25) is 0 Å². The Labute approximate surface area is 155 Å². The molecule has 2 nitrogen and oxygen atoms in total. The summed E-state index contributed by atoms with van der Waals surface area (Å²) in [5, 5.41) is 11.0. The van der Waals surface area contributed by atoms with Crippen LogP contribution in [0.5, 0.6) is 0 Å². The summed E-state index contributed by atoms with van der Waals surface area (Å²) in [6.07, 6.45) is 13.3. The highest BCUT2D eigenvalue weighted by Gasteiger charge is 2.57. The molecule has 1 unspecified atom stereocenters. The van der Waals surface area contributed by atoms with Crippen molar-refractivity contribution in [2.24, 2.45) is 40.9 Å². The van der Waals surface area contributed by atoms with Crippen molar-refractivity contribution in [1.29, 1.82) is 0 Å². The molecule has 0 aromatic rings. The Kier molecular flexibility index (Phi) is 4.99. The van der Waals surface area contributed by atoms with E-state index in [9.17, 15) is 5.11 Å². The van der Waals surface area contributed by atoms with Gasteiger partial charge in [-0.1, -0.05) is 20.3 Å². The first-order valence-corrected chi connectivity index (χ1v) is 11.3. The molecule has 0 aromatic heterocycles. The Hall–Kier alpha value is -0.0800. The van der Waals surface area contributed by atoms with E-state index in [1.807, 2.05) is 6.92 Å². The topological polar surface area (TPSA) is 29.5 Å². The molecule has 0 bridgehead atoms. The van der Waals surface area contributed by atoms with Crippen molar-refractivity contribution >= 4 is 0 Å². The quantitative estimate of drug-likeness (QED) is 0.734. The Morgan fingerprint density at radius 3 is 2.48 bits per heavy atom. The number of ether oxygens (including phenoxy) is 1. The van der Waals surface area contributed by atoms with Crippen LogP contribution in [0.3, 0.4) is 0 Å². The predicted octanol–water partition coefficient (Wildman–Crippen LogP) is 5.43. The van der Waals surface area contributed by atoms with Crippen LogP contribution in [0.1, 0.15) is 85.0 Å². The van der Waals surface area contributed by atoms with Gasteiger partial charge in [0.25, 0.3) is 0 Å². The van der Waals surface area contributed by atoms with Gasteiger partial charge in [0.15, 0.2) is 0 Å². The molecule has 4 aliphatic carbocycles. The molecule has 4 rings (SSSR count). The normalized spacial score (nSPS) is 52.3. The average Bonchev–Trinajstić information content (AvgIpc) is 2.96. The van der Waals surface area contributed by atoms with E-state index < -0.39 is 5.60 Å². The molecular formula is C23H40O2. The van der Waals surface area contributed by atoms with Crippen LogP contribution in [-0.2, 0) is 4.74 Å². The van der Waals surface area contributed by atoms with E-state index >= 15 is 0 Å². The maximum Gasteiger partial charge on any atom is 0.0883 e. The lowest BCUT2D eigenvalue weighted by Gasteiger charge is -2.57. The van der Waals surface area contributed by atoms with Crippen molar-refractivity contribution in [2.75, 3.05) is 13.2 Å². The van der Waals surface area contributed by atoms with Crippen LogP contribution in [-0.4, -0.2) is 23.9 Å². The third-order valence-corrected chi connectivity index (χ3v) is 9.37. The minimum atomic E-state index is -0.534. The zero-order valence-corrected chi connectivity index (χ0v) is 16.8. The summed E-state index contributed by atoms with van der Waals surface area (Å²) in [5.74, 6) is 5.60. The van der Waals surface area contributed by atoms with Crippen LogP contribution in [0, 0.1) is 40.9 Å². The average molecular weight is 349 g/mol. The summed E-state index contributed by atoms with van der Waals surface area (Å²) in [5.41, 5.74) is 0.112. The summed E-state index contributed by atoms with van der Waals surface area (Å²) in [7, 11) is 0. The summed E-state index contributed by atoms with van der Waals surface area (Å²) >= 11 is 0. The summed E-state index contributed by atoms with van der Waals surface area (Å²) in [6.45, 7) is 8.37. The van der Waals surface area contributed by atoms with Gasteiger partial charge in [-0.25, -0.2) is 0 Å². The van der Waals surface area contributed by atoms with E-state index in [2.05, 4.69) is 13.8 Å². The molecule has 4 saturated carbocycles. The minimum Gasteiger partial charge on any atom is -0.387 e. The van der Waals surface area contributed by atoms with E-state index in [1.165, 1.54) is 51.4 Å². The lowest BCUT2D eigenvalue weighted by atomic mass is 9.49. The second kappa shape index (κ2) is 6.82. The number of aliphatic hydroxyl groups is 1. The molecule has 0 spiro atoms. The zero-order valence-electron chi connectivity index (χ0n) is 16.8. The maximum atomic E-state index is 11.0. The van der Waals surface area contributed by atoms with Crippen LogP contribution in [0.15, 0.2) is 0 Å². The van der Waals surface area contributed by atoms with E-state index in [-0.39, 0.29) is 0 Å². The van der Waals surface area contributed by atoms with Gasteiger partial charge in [-0.2, -0.15) is 0 Å². The minimum absolute atomic E-state index is 0.534. The first kappa shape index (κ1) is 18.3. The van der Waals surface area contributed by atoms with Gasteiger partial charge in [0.2, 0.25) is 0 Å². The fourth-order valence-corrected chi connectivity index (χ4v) is 8.17. The monoisotopic (exact) mass is 348 g/mol. The Morgan fingerprint density at radius 1 is 0.920 bits per heavy atom.